The van der Waals surface area contributed by atoms with Crippen LogP contribution in [-0.2, 0) is 6.54 Å². The lowest BCUT2D eigenvalue weighted by molar-refractivity contribution is 0.0991. The summed E-state index contributed by atoms with van der Waals surface area (Å²) in [5.41, 5.74) is 2.85. The highest BCUT2D eigenvalue weighted by Crippen LogP contribution is 2.19. The number of terminal acetylenes is 1. The van der Waals surface area contributed by atoms with E-state index in [1.165, 1.54) is 0 Å². The third kappa shape index (κ3) is 3.40. The molecule has 1 rings (SSSR count). The van der Waals surface area contributed by atoms with Crippen molar-refractivity contribution in [2.75, 3.05) is 0 Å². The molecule has 1 heterocycles. The normalized spacial score (nSPS) is 12.2. The van der Waals surface area contributed by atoms with Crippen molar-refractivity contribution in [3.8, 4) is 12.3 Å². The number of Topliss-reactive ketones (excluding diaryl/α,β-unsaturated/α-hetero) is 1. The summed E-state index contributed by atoms with van der Waals surface area (Å²) in [6.45, 7) is 6.61. The molecule has 18 heavy (non-hydrogen) atoms. The number of nitrogens with zero attached hydrogens (tertiary/aromatic N) is 1. The summed E-state index contributed by atoms with van der Waals surface area (Å²) in [5, 5.41) is -0.472. The van der Waals surface area contributed by atoms with Gasteiger partial charge in [0, 0.05) is 29.9 Å². The van der Waals surface area contributed by atoms with E-state index in [-0.39, 0.29) is 5.78 Å². The van der Waals surface area contributed by atoms with Gasteiger partial charge in [-0.15, -0.1) is 23.9 Å². The third-order valence-corrected chi connectivity index (χ3v) is 3.35. The molecule has 0 aliphatic heterocycles. The lowest BCUT2D eigenvalue weighted by Crippen LogP contribution is -2.12. The van der Waals surface area contributed by atoms with E-state index in [1.54, 1.807) is 6.92 Å². The molecule has 0 aliphatic rings. The van der Waals surface area contributed by atoms with Gasteiger partial charge < -0.3 is 4.57 Å². The number of aryl methyl sites for hydroxylation is 1. The lowest BCUT2D eigenvalue weighted by atomic mass is 10.1. The highest BCUT2D eigenvalue weighted by atomic mass is 35.5. The van der Waals surface area contributed by atoms with E-state index in [0.29, 0.717) is 0 Å². The molecule has 0 aromatic carbocycles. The lowest BCUT2D eigenvalue weighted by Gasteiger charge is -2.09. The van der Waals surface area contributed by atoms with Gasteiger partial charge in [0.2, 0.25) is 0 Å². The molecule has 0 bridgehead atoms. The summed E-state index contributed by atoms with van der Waals surface area (Å²) in [6, 6.07) is 1.93. The van der Waals surface area contributed by atoms with Crippen molar-refractivity contribution in [3.63, 3.8) is 0 Å². The quantitative estimate of drug-likeness (QED) is 0.333. The van der Waals surface area contributed by atoms with Crippen molar-refractivity contribution >= 4 is 17.4 Å². The fourth-order valence-corrected chi connectivity index (χ4v) is 2.22. The fourth-order valence-electron chi connectivity index (χ4n) is 2.11. The van der Waals surface area contributed by atoms with E-state index in [4.69, 9.17) is 18.0 Å². The maximum absolute atomic E-state index is 11.9. The van der Waals surface area contributed by atoms with Crippen LogP contribution in [0.3, 0.4) is 0 Å². The Labute approximate surface area is 114 Å². The Morgan fingerprint density at radius 2 is 2.17 bits per heavy atom. The smallest absolute Gasteiger partial charge is 0.182 e. The number of unbranched alkanes of at least 4 members (excludes halogenated alkanes) is 2. The molecule has 3 heteroatoms. The molecule has 0 saturated carbocycles. The standard InChI is InChI=1S/C15H20ClNO/c1-5-6-7-8-9-17-11(2)10-14(13(17)4)15(18)12(3)16/h1,10,12H,6-9H2,2-4H3. The second kappa shape index (κ2) is 6.66. The molecule has 0 radical (unpaired) electrons. The number of halogens is 1. The molecule has 1 unspecified atom stereocenters. The number of aromatic nitrogens is 1. The average Bonchev–Trinajstić information content (AvgIpc) is 2.60. The van der Waals surface area contributed by atoms with Crippen molar-refractivity contribution in [1.29, 1.82) is 0 Å². The summed E-state index contributed by atoms with van der Waals surface area (Å²) < 4.78 is 2.17. The van der Waals surface area contributed by atoms with Crippen molar-refractivity contribution in [2.24, 2.45) is 0 Å². The number of rotatable bonds is 6. The minimum Gasteiger partial charge on any atom is -0.348 e. The van der Waals surface area contributed by atoms with Crippen molar-refractivity contribution in [2.45, 2.75) is 52.0 Å². The van der Waals surface area contributed by atoms with Crippen molar-refractivity contribution in [3.05, 3.63) is 23.0 Å². The Morgan fingerprint density at radius 1 is 1.50 bits per heavy atom. The van der Waals surface area contributed by atoms with Gasteiger partial charge in [-0.1, -0.05) is 0 Å². The minimum absolute atomic E-state index is 0.000332. The first-order chi connectivity index (χ1) is 8.49. The summed E-state index contributed by atoms with van der Waals surface area (Å²) >= 11 is 5.86. The van der Waals surface area contributed by atoms with Crippen LogP contribution in [0.1, 0.15) is 47.9 Å². The fraction of sp³-hybridized carbons (Fsp3) is 0.533. The van der Waals surface area contributed by atoms with Gasteiger partial charge in [0.25, 0.3) is 0 Å². The van der Waals surface area contributed by atoms with Crippen LogP contribution in [-0.4, -0.2) is 15.7 Å². The summed E-state index contributed by atoms with van der Waals surface area (Å²) in [7, 11) is 0. The predicted molar refractivity (Wildman–Crippen MR) is 76.2 cm³/mol. The van der Waals surface area contributed by atoms with E-state index in [0.717, 1.165) is 42.8 Å². The Bertz CT molecular complexity index is 466. The van der Waals surface area contributed by atoms with Crippen LogP contribution >= 0.6 is 11.6 Å². The molecule has 0 N–H and O–H groups in total. The molecular weight excluding hydrogens is 246 g/mol. The summed E-state index contributed by atoms with van der Waals surface area (Å²) in [6.07, 6.45) is 8.09. The zero-order chi connectivity index (χ0) is 13.7. The zero-order valence-electron chi connectivity index (χ0n) is 11.3. The minimum atomic E-state index is -0.472. The van der Waals surface area contributed by atoms with Crippen LogP contribution in [0.2, 0.25) is 0 Å². The van der Waals surface area contributed by atoms with Gasteiger partial charge in [0.05, 0.1) is 5.38 Å². The Kier molecular flexibility index (Phi) is 5.50. The predicted octanol–water partition coefficient (Wildman–Crippen LogP) is 3.72. The van der Waals surface area contributed by atoms with Gasteiger partial charge in [-0.05, 0) is 39.7 Å². The molecule has 2 nitrogen and oxygen atoms in total. The number of hydrogen-bond acceptors (Lipinski definition) is 1. The molecule has 0 saturated heterocycles. The van der Waals surface area contributed by atoms with Gasteiger partial charge >= 0.3 is 0 Å². The molecule has 1 aromatic heterocycles. The summed E-state index contributed by atoms with van der Waals surface area (Å²) in [4.78, 5) is 11.9. The first-order valence-electron chi connectivity index (χ1n) is 6.27. The number of carbonyl (C=O) groups is 1. The van der Waals surface area contributed by atoms with Crippen LogP contribution in [0.4, 0.5) is 0 Å². The topological polar surface area (TPSA) is 22.0 Å². The van der Waals surface area contributed by atoms with E-state index < -0.39 is 5.38 Å². The SMILES string of the molecule is C#CCCCCn1c(C)cc(C(=O)C(C)Cl)c1C. The largest absolute Gasteiger partial charge is 0.348 e. The van der Waals surface area contributed by atoms with Crippen LogP contribution in [0, 0.1) is 26.2 Å². The molecule has 0 fully saturated rings. The van der Waals surface area contributed by atoms with Crippen LogP contribution < -0.4 is 0 Å². The van der Waals surface area contributed by atoms with Gasteiger partial charge in [0.15, 0.2) is 5.78 Å². The Hall–Kier alpha value is -1.20. The van der Waals surface area contributed by atoms with Gasteiger partial charge in [0.1, 0.15) is 0 Å². The third-order valence-electron chi connectivity index (χ3n) is 3.15. The average molecular weight is 266 g/mol. The molecule has 1 aromatic rings. The molecule has 1 atom stereocenters. The van der Waals surface area contributed by atoms with E-state index >= 15 is 0 Å². The maximum Gasteiger partial charge on any atom is 0.182 e. The highest BCUT2D eigenvalue weighted by molar-refractivity contribution is 6.33. The molecule has 0 amide bonds. The molecule has 0 spiro atoms. The van der Waals surface area contributed by atoms with Gasteiger partial charge in [-0.2, -0.15) is 0 Å². The van der Waals surface area contributed by atoms with E-state index in [2.05, 4.69) is 10.5 Å². The number of hydrogen-bond donors (Lipinski definition) is 0. The Morgan fingerprint density at radius 3 is 2.72 bits per heavy atom. The van der Waals surface area contributed by atoms with E-state index in [1.807, 2.05) is 19.9 Å². The van der Waals surface area contributed by atoms with Crippen LogP contribution in [0.25, 0.3) is 0 Å². The van der Waals surface area contributed by atoms with Gasteiger partial charge in [-0.25, -0.2) is 0 Å². The number of carbonyl (C=O) groups excluding carboxylic acids is 1. The second-order valence-corrected chi connectivity index (χ2v) is 5.23. The molecular formula is C15H20ClNO. The number of alkyl halides is 1. The first-order valence-corrected chi connectivity index (χ1v) is 6.71. The highest BCUT2D eigenvalue weighted by Gasteiger charge is 2.18. The number of ketones is 1. The van der Waals surface area contributed by atoms with Crippen LogP contribution in [0.5, 0.6) is 0 Å². The second-order valence-electron chi connectivity index (χ2n) is 4.58. The summed E-state index contributed by atoms with van der Waals surface area (Å²) in [5.74, 6) is 2.64. The van der Waals surface area contributed by atoms with Crippen molar-refractivity contribution < 1.29 is 4.79 Å². The van der Waals surface area contributed by atoms with E-state index in [9.17, 15) is 4.79 Å². The molecule has 0 aliphatic carbocycles. The first kappa shape index (κ1) is 14.9. The van der Waals surface area contributed by atoms with Gasteiger partial charge in [-0.3, -0.25) is 4.79 Å². The van der Waals surface area contributed by atoms with Crippen molar-refractivity contribution in [1.82, 2.24) is 4.57 Å². The zero-order valence-corrected chi connectivity index (χ0v) is 12.0. The Balaban J connectivity index is 2.82. The van der Waals surface area contributed by atoms with Crippen LogP contribution in [0.15, 0.2) is 6.07 Å². The monoisotopic (exact) mass is 265 g/mol. The maximum atomic E-state index is 11.9. The molecule has 98 valence electrons.